The number of aryl methyl sites for hydroxylation is 1. The molecule has 1 aromatic carbocycles. The van der Waals surface area contributed by atoms with Crippen LogP contribution in [0.15, 0.2) is 30.5 Å². The van der Waals surface area contributed by atoms with Gasteiger partial charge in [-0.15, -0.1) is 0 Å². The zero-order chi connectivity index (χ0) is 18.1. The van der Waals surface area contributed by atoms with E-state index in [0.717, 1.165) is 0 Å². The van der Waals surface area contributed by atoms with E-state index in [4.69, 9.17) is 27.9 Å². The predicted octanol–water partition coefficient (Wildman–Crippen LogP) is 6.13. The van der Waals surface area contributed by atoms with Crippen molar-refractivity contribution in [3.05, 3.63) is 52.0 Å². The number of pyridine rings is 2. The maximum absolute atomic E-state index is 14.6. The average molecular weight is 397 g/mol. The fourth-order valence-electron chi connectivity index (χ4n) is 2.38. The van der Waals surface area contributed by atoms with Crippen LogP contribution in [0.4, 0.5) is 4.39 Å². The van der Waals surface area contributed by atoms with E-state index < -0.39 is 0 Å². The van der Waals surface area contributed by atoms with Gasteiger partial charge in [0, 0.05) is 34.8 Å². The van der Waals surface area contributed by atoms with E-state index in [1.807, 2.05) is 0 Å². The Morgan fingerprint density at radius 3 is 2.56 bits per heavy atom. The number of benzene rings is 1. The molecule has 0 aliphatic heterocycles. The van der Waals surface area contributed by atoms with Crippen molar-refractivity contribution in [2.45, 2.75) is 6.92 Å². The van der Waals surface area contributed by atoms with Gasteiger partial charge in [0.1, 0.15) is 12.2 Å². The monoisotopic (exact) mass is 396 g/mol. The Kier molecular flexibility index (Phi) is 5.43. The zero-order valence-electron chi connectivity index (χ0n) is 14.0. The molecule has 7 heteroatoms. The average Bonchev–Trinajstić information content (AvgIpc) is 2.58. The second kappa shape index (κ2) is 7.41. The molecule has 0 radical (unpaired) electrons. The summed E-state index contributed by atoms with van der Waals surface area (Å²) < 4.78 is 20.1. The number of nitrogens with zero attached hydrogens (tertiary/aromatic N) is 2. The summed E-state index contributed by atoms with van der Waals surface area (Å²) in [6.45, 7) is 5.98. The lowest BCUT2D eigenvalue weighted by atomic mass is 10.0. The third-order valence-electron chi connectivity index (χ3n) is 3.64. The highest BCUT2D eigenvalue weighted by Gasteiger charge is 2.14. The summed E-state index contributed by atoms with van der Waals surface area (Å²) in [6, 6.07) is 6.53. The molecule has 2 aromatic heterocycles. The lowest BCUT2D eigenvalue weighted by Gasteiger charge is -2.11. The Hall–Kier alpha value is -1.48. The van der Waals surface area contributed by atoms with Gasteiger partial charge in [-0.1, -0.05) is 31.1 Å². The van der Waals surface area contributed by atoms with E-state index in [-0.39, 0.29) is 13.7 Å². The molecule has 0 fully saturated rings. The fourth-order valence-corrected chi connectivity index (χ4v) is 3.20. The molecule has 0 saturated heterocycles. The number of halogens is 3. The van der Waals surface area contributed by atoms with Crippen LogP contribution < -0.4 is 4.74 Å². The second-order valence-electron chi connectivity index (χ2n) is 5.91. The van der Waals surface area contributed by atoms with Crippen molar-refractivity contribution in [1.29, 1.82) is 0 Å². The highest BCUT2D eigenvalue weighted by Crippen LogP contribution is 2.36. The Bertz CT molecular complexity index is 933. The lowest BCUT2D eigenvalue weighted by Crippen LogP contribution is -1.97. The second-order valence-corrected chi connectivity index (χ2v) is 9.09. The van der Waals surface area contributed by atoms with E-state index in [2.05, 4.69) is 23.3 Å². The Labute approximate surface area is 156 Å². The first-order chi connectivity index (χ1) is 11.9. The molecule has 3 aromatic rings. The Morgan fingerprint density at radius 2 is 1.92 bits per heavy atom. The van der Waals surface area contributed by atoms with E-state index in [0.29, 0.717) is 50.0 Å². The quantitative estimate of drug-likeness (QED) is 0.497. The Morgan fingerprint density at radius 1 is 1.16 bits per heavy atom. The standard InChI is InChI=1S/C18H16Cl2FN2OP/c1-10-17(19)18(20)13-6-12(14(21)7-15(13)23-10)11-4-5-16(22-8-11)24-9-25(2)3/h4-8H,9H2,1-3H3. The van der Waals surface area contributed by atoms with Crippen molar-refractivity contribution >= 4 is 42.0 Å². The van der Waals surface area contributed by atoms with Crippen LogP contribution in [0, 0.1) is 12.7 Å². The predicted molar refractivity (Wildman–Crippen MR) is 104 cm³/mol. The molecule has 2 heterocycles. The lowest BCUT2D eigenvalue weighted by molar-refractivity contribution is 0.373. The third kappa shape index (κ3) is 3.87. The normalized spacial score (nSPS) is 11.3. The first kappa shape index (κ1) is 18.3. The number of ether oxygens (including phenoxy) is 1. The van der Waals surface area contributed by atoms with Crippen LogP contribution in [0.2, 0.25) is 10.0 Å². The van der Waals surface area contributed by atoms with Crippen molar-refractivity contribution < 1.29 is 9.13 Å². The molecule has 0 atom stereocenters. The molecular formula is C18H16Cl2FN2OP. The largest absolute Gasteiger partial charge is 0.473 e. The van der Waals surface area contributed by atoms with Crippen molar-refractivity contribution in [1.82, 2.24) is 9.97 Å². The molecule has 3 nitrogen and oxygen atoms in total. The summed E-state index contributed by atoms with van der Waals surface area (Å²) >= 11 is 12.5. The topological polar surface area (TPSA) is 35.0 Å². The van der Waals surface area contributed by atoms with Gasteiger partial charge < -0.3 is 4.74 Å². The highest BCUT2D eigenvalue weighted by molar-refractivity contribution is 7.55. The highest BCUT2D eigenvalue weighted by atomic mass is 35.5. The van der Waals surface area contributed by atoms with Gasteiger partial charge in [0.25, 0.3) is 0 Å². The summed E-state index contributed by atoms with van der Waals surface area (Å²) in [7, 11) is -0.167. The summed E-state index contributed by atoms with van der Waals surface area (Å²) in [4.78, 5) is 8.55. The van der Waals surface area contributed by atoms with Crippen LogP contribution in [-0.4, -0.2) is 29.6 Å². The SMILES string of the molecule is Cc1nc2cc(F)c(-c3ccc(OCP(C)C)nc3)cc2c(Cl)c1Cl. The van der Waals surface area contributed by atoms with Gasteiger partial charge in [0.15, 0.2) is 0 Å². The molecule has 0 bridgehead atoms. The summed E-state index contributed by atoms with van der Waals surface area (Å²) in [5.74, 6) is 0.137. The molecule has 130 valence electrons. The van der Waals surface area contributed by atoms with Gasteiger partial charge in [0.2, 0.25) is 5.88 Å². The third-order valence-corrected chi connectivity index (χ3v) is 5.24. The van der Waals surface area contributed by atoms with E-state index in [1.165, 1.54) is 6.07 Å². The molecule has 0 spiro atoms. The molecule has 0 aliphatic rings. The molecule has 0 amide bonds. The summed E-state index contributed by atoms with van der Waals surface area (Å²) in [5, 5.41) is 1.36. The number of hydrogen-bond donors (Lipinski definition) is 0. The maximum Gasteiger partial charge on any atom is 0.213 e. The molecule has 0 unspecified atom stereocenters. The number of aromatic nitrogens is 2. The van der Waals surface area contributed by atoms with Gasteiger partial charge in [-0.2, -0.15) is 0 Å². The van der Waals surface area contributed by atoms with Gasteiger partial charge in [0.05, 0.1) is 21.3 Å². The zero-order valence-corrected chi connectivity index (χ0v) is 16.4. The van der Waals surface area contributed by atoms with Crippen LogP contribution in [0.3, 0.4) is 0 Å². The van der Waals surface area contributed by atoms with E-state index >= 15 is 0 Å². The van der Waals surface area contributed by atoms with Crippen molar-refractivity contribution in [3.8, 4) is 17.0 Å². The van der Waals surface area contributed by atoms with E-state index in [1.54, 1.807) is 31.3 Å². The smallest absolute Gasteiger partial charge is 0.213 e. The molecule has 25 heavy (non-hydrogen) atoms. The van der Waals surface area contributed by atoms with Crippen LogP contribution in [-0.2, 0) is 0 Å². The van der Waals surface area contributed by atoms with Crippen LogP contribution >= 0.6 is 31.1 Å². The fraction of sp³-hybridized carbons (Fsp3) is 0.222. The first-order valence-corrected chi connectivity index (χ1v) is 10.7. The van der Waals surface area contributed by atoms with Gasteiger partial charge >= 0.3 is 0 Å². The molecule has 0 aliphatic carbocycles. The molecule has 0 saturated carbocycles. The summed E-state index contributed by atoms with van der Waals surface area (Å²) in [5.41, 5.74) is 2.07. The minimum atomic E-state index is -0.390. The molecular weight excluding hydrogens is 381 g/mol. The number of rotatable bonds is 4. The number of fused-ring (bicyclic) bond motifs is 1. The van der Waals surface area contributed by atoms with Crippen LogP contribution in [0.1, 0.15) is 5.69 Å². The van der Waals surface area contributed by atoms with E-state index in [9.17, 15) is 4.39 Å². The van der Waals surface area contributed by atoms with Crippen molar-refractivity contribution in [2.75, 3.05) is 19.7 Å². The van der Waals surface area contributed by atoms with Crippen molar-refractivity contribution in [2.24, 2.45) is 0 Å². The van der Waals surface area contributed by atoms with Gasteiger partial charge in [-0.05, 0) is 32.4 Å². The Balaban J connectivity index is 2.02. The minimum Gasteiger partial charge on any atom is -0.473 e. The van der Waals surface area contributed by atoms with Crippen molar-refractivity contribution in [3.63, 3.8) is 0 Å². The number of hydrogen-bond acceptors (Lipinski definition) is 3. The van der Waals surface area contributed by atoms with Gasteiger partial charge in [-0.3, -0.25) is 4.98 Å². The molecule has 0 N–H and O–H groups in total. The summed E-state index contributed by atoms with van der Waals surface area (Å²) in [6.07, 6.45) is 2.23. The van der Waals surface area contributed by atoms with Crippen LogP contribution in [0.5, 0.6) is 5.88 Å². The first-order valence-electron chi connectivity index (χ1n) is 7.55. The molecule has 3 rings (SSSR count). The minimum absolute atomic E-state index is 0.167. The van der Waals surface area contributed by atoms with Crippen LogP contribution in [0.25, 0.3) is 22.0 Å². The van der Waals surface area contributed by atoms with Gasteiger partial charge in [-0.25, -0.2) is 9.37 Å². The maximum atomic E-state index is 14.6.